The van der Waals surface area contributed by atoms with Gasteiger partial charge in [-0.05, 0) is 60.1 Å². The van der Waals surface area contributed by atoms with Crippen LogP contribution in [-0.2, 0) is 25.8 Å². The third kappa shape index (κ3) is 1.96. The number of hydrogen-bond donors (Lipinski definition) is 1. The maximum atomic E-state index is 5.93. The molecule has 0 atom stereocenters. The second kappa shape index (κ2) is 4.55. The van der Waals surface area contributed by atoms with Crippen LogP contribution in [0.15, 0.2) is 36.4 Å². The van der Waals surface area contributed by atoms with Gasteiger partial charge in [-0.3, -0.25) is 0 Å². The second-order valence-corrected chi connectivity index (χ2v) is 6.02. The molecule has 0 aromatic heterocycles. The SMILES string of the molecule is Nc1ccc2c(c1)N(Cc1ccc3c(c1)CCC3)CC2. The molecule has 0 fully saturated rings. The van der Waals surface area contributed by atoms with E-state index in [1.54, 1.807) is 11.1 Å². The number of benzene rings is 2. The summed E-state index contributed by atoms with van der Waals surface area (Å²) in [6.45, 7) is 2.11. The third-order valence-electron chi connectivity index (χ3n) is 4.64. The highest BCUT2D eigenvalue weighted by Crippen LogP contribution is 2.32. The van der Waals surface area contributed by atoms with E-state index in [0.717, 1.165) is 25.2 Å². The summed E-state index contributed by atoms with van der Waals surface area (Å²) in [5, 5.41) is 0. The molecule has 4 rings (SSSR count). The highest BCUT2D eigenvalue weighted by atomic mass is 15.1. The Hall–Kier alpha value is -1.96. The summed E-state index contributed by atoms with van der Waals surface area (Å²) >= 11 is 0. The fourth-order valence-electron chi connectivity index (χ4n) is 3.57. The zero-order valence-corrected chi connectivity index (χ0v) is 11.7. The molecule has 0 spiro atoms. The number of rotatable bonds is 2. The lowest BCUT2D eigenvalue weighted by atomic mass is 10.1. The fraction of sp³-hybridized carbons (Fsp3) is 0.333. The van der Waals surface area contributed by atoms with Crippen molar-refractivity contribution in [2.24, 2.45) is 0 Å². The van der Waals surface area contributed by atoms with Crippen LogP contribution in [0, 0.1) is 0 Å². The highest BCUT2D eigenvalue weighted by molar-refractivity contribution is 5.64. The van der Waals surface area contributed by atoms with Crippen molar-refractivity contribution in [1.82, 2.24) is 0 Å². The van der Waals surface area contributed by atoms with E-state index in [0.29, 0.717) is 0 Å². The van der Waals surface area contributed by atoms with E-state index >= 15 is 0 Å². The molecule has 1 aliphatic heterocycles. The number of hydrogen-bond acceptors (Lipinski definition) is 2. The molecule has 0 unspecified atom stereocenters. The Kier molecular flexibility index (Phi) is 2.69. The maximum Gasteiger partial charge on any atom is 0.0429 e. The molecule has 2 N–H and O–H groups in total. The number of nitrogens with two attached hydrogens (primary N) is 1. The van der Waals surface area contributed by atoms with Crippen LogP contribution in [0.25, 0.3) is 0 Å². The Morgan fingerprint density at radius 3 is 2.70 bits per heavy atom. The quantitative estimate of drug-likeness (QED) is 0.843. The van der Waals surface area contributed by atoms with Crippen LogP contribution in [-0.4, -0.2) is 6.54 Å². The predicted octanol–water partition coefficient (Wildman–Crippen LogP) is 3.32. The molecule has 2 heteroatoms. The van der Waals surface area contributed by atoms with E-state index in [-0.39, 0.29) is 0 Å². The molecular formula is C18H20N2. The molecule has 2 aromatic carbocycles. The Balaban J connectivity index is 1.60. The largest absolute Gasteiger partial charge is 0.399 e. The first-order valence-corrected chi connectivity index (χ1v) is 7.54. The van der Waals surface area contributed by atoms with Crippen molar-refractivity contribution in [1.29, 1.82) is 0 Å². The van der Waals surface area contributed by atoms with Crippen molar-refractivity contribution in [2.75, 3.05) is 17.2 Å². The molecule has 102 valence electrons. The average Bonchev–Trinajstić information content (AvgIpc) is 3.05. The molecule has 2 aromatic rings. The number of fused-ring (bicyclic) bond motifs is 2. The number of aryl methyl sites for hydroxylation is 2. The molecule has 0 radical (unpaired) electrons. The first-order valence-electron chi connectivity index (χ1n) is 7.54. The topological polar surface area (TPSA) is 29.3 Å². The van der Waals surface area contributed by atoms with E-state index in [9.17, 15) is 0 Å². The number of anilines is 2. The van der Waals surface area contributed by atoms with E-state index in [1.165, 1.54) is 36.1 Å². The molecule has 0 amide bonds. The molecule has 2 aliphatic rings. The van der Waals surface area contributed by atoms with Crippen molar-refractivity contribution >= 4 is 11.4 Å². The lowest BCUT2D eigenvalue weighted by molar-refractivity contribution is 0.834. The molecule has 1 aliphatic carbocycles. The lowest BCUT2D eigenvalue weighted by Crippen LogP contribution is -2.19. The lowest BCUT2D eigenvalue weighted by Gasteiger charge is -2.20. The van der Waals surface area contributed by atoms with Gasteiger partial charge < -0.3 is 10.6 Å². The van der Waals surface area contributed by atoms with Gasteiger partial charge in [-0.25, -0.2) is 0 Å². The molecule has 0 bridgehead atoms. The van der Waals surface area contributed by atoms with E-state index in [4.69, 9.17) is 5.73 Å². The van der Waals surface area contributed by atoms with Crippen molar-refractivity contribution in [2.45, 2.75) is 32.2 Å². The summed E-state index contributed by atoms with van der Waals surface area (Å²) in [5.74, 6) is 0. The van der Waals surface area contributed by atoms with Crippen LogP contribution in [0.4, 0.5) is 11.4 Å². The van der Waals surface area contributed by atoms with Gasteiger partial charge >= 0.3 is 0 Å². The summed E-state index contributed by atoms with van der Waals surface area (Å²) in [6.07, 6.45) is 4.98. The second-order valence-electron chi connectivity index (χ2n) is 6.02. The summed E-state index contributed by atoms with van der Waals surface area (Å²) in [7, 11) is 0. The monoisotopic (exact) mass is 264 g/mol. The molecular weight excluding hydrogens is 244 g/mol. The summed E-state index contributed by atoms with van der Waals surface area (Å²) < 4.78 is 0. The smallest absolute Gasteiger partial charge is 0.0429 e. The standard InChI is InChI=1S/C18H20N2/c19-17-7-6-15-8-9-20(18(15)11-17)12-13-4-5-14-2-1-3-16(14)10-13/h4-7,10-11H,1-3,8-9,12,19H2. The van der Waals surface area contributed by atoms with E-state index in [1.807, 2.05) is 6.07 Å². The van der Waals surface area contributed by atoms with Crippen LogP contribution < -0.4 is 10.6 Å². The van der Waals surface area contributed by atoms with Crippen LogP contribution >= 0.6 is 0 Å². The summed E-state index contributed by atoms with van der Waals surface area (Å²) in [5.41, 5.74) is 14.1. The van der Waals surface area contributed by atoms with Gasteiger partial charge in [0.1, 0.15) is 0 Å². The van der Waals surface area contributed by atoms with Gasteiger partial charge in [-0.2, -0.15) is 0 Å². The first-order chi connectivity index (χ1) is 9.79. The van der Waals surface area contributed by atoms with Gasteiger partial charge in [0.2, 0.25) is 0 Å². The van der Waals surface area contributed by atoms with Crippen molar-refractivity contribution in [3.63, 3.8) is 0 Å². The van der Waals surface area contributed by atoms with E-state index in [2.05, 4.69) is 35.2 Å². The number of nitrogens with zero attached hydrogens (tertiary/aromatic N) is 1. The maximum absolute atomic E-state index is 5.93. The van der Waals surface area contributed by atoms with Gasteiger partial charge in [-0.1, -0.05) is 24.3 Å². The zero-order valence-electron chi connectivity index (χ0n) is 11.7. The first kappa shape index (κ1) is 11.8. The zero-order chi connectivity index (χ0) is 13.5. The minimum absolute atomic E-state index is 0.865. The molecule has 0 saturated carbocycles. The van der Waals surface area contributed by atoms with Crippen molar-refractivity contribution < 1.29 is 0 Å². The Morgan fingerprint density at radius 1 is 0.900 bits per heavy atom. The van der Waals surface area contributed by atoms with Gasteiger partial charge in [0, 0.05) is 24.5 Å². The Labute approximate surface area is 120 Å². The summed E-state index contributed by atoms with van der Waals surface area (Å²) in [4.78, 5) is 2.46. The molecule has 2 nitrogen and oxygen atoms in total. The number of nitrogen functional groups attached to an aromatic ring is 1. The Bertz CT molecular complexity index is 660. The Morgan fingerprint density at radius 2 is 1.75 bits per heavy atom. The van der Waals surface area contributed by atoms with Crippen LogP contribution in [0.3, 0.4) is 0 Å². The minimum atomic E-state index is 0.865. The van der Waals surface area contributed by atoms with Crippen molar-refractivity contribution in [3.05, 3.63) is 58.7 Å². The van der Waals surface area contributed by atoms with Gasteiger partial charge in [0.25, 0.3) is 0 Å². The minimum Gasteiger partial charge on any atom is -0.399 e. The van der Waals surface area contributed by atoms with E-state index < -0.39 is 0 Å². The highest BCUT2D eigenvalue weighted by Gasteiger charge is 2.20. The van der Waals surface area contributed by atoms with Crippen molar-refractivity contribution in [3.8, 4) is 0 Å². The van der Waals surface area contributed by atoms with Crippen LogP contribution in [0.5, 0.6) is 0 Å². The van der Waals surface area contributed by atoms with Crippen LogP contribution in [0.1, 0.15) is 28.7 Å². The van der Waals surface area contributed by atoms with Crippen LogP contribution in [0.2, 0.25) is 0 Å². The molecule has 20 heavy (non-hydrogen) atoms. The summed E-state index contributed by atoms with van der Waals surface area (Å²) in [6, 6.07) is 13.3. The average molecular weight is 264 g/mol. The molecule has 0 saturated heterocycles. The fourth-order valence-corrected chi connectivity index (χ4v) is 3.57. The predicted molar refractivity (Wildman–Crippen MR) is 84.1 cm³/mol. The molecule has 1 heterocycles. The van der Waals surface area contributed by atoms with Gasteiger partial charge in [0.15, 0.2) is 0 Å². The normalized spacial score (nSPS) is 16.3. The van der Waals surface area contributed by atoms with Gasteiger partial charge in [-0.15, -0.1) is 0 Å². The van der Waals surface area contributed by atoms with Gasteiger partial charge in [0.05, 0.1) is 0 Å². The third-order valence-corrected chi connectivity index (χ3v) is 4.64.